The third-order valence-electron chi connectivity index (χ3n) is 6.80. The lowest BCUT2D eigenvalue weighted by atomic mass is 9.65. The number of fused-ring (bicyclic) bond motifs is 1. The topological polar surface area (TPSA) is 113 Å². The Labute approximate surface area is 201 Å². The number of benzene rings is 2. The van der Waals surface area contributed by atoms with Crippen LogP contribution in [0.2, 0.25) is 0 Å². The highest BCUT2D eigenvalue weighted by Gasteiger charge is 2.44. The van der Waals surface area contributed by atoms with Crippen molar-refractivity contribution in [3.8, 4) is 0 Å². The minimum atomic E-state index is -3.40. The molecule has 34 heavy (non-hydrogen) atoms. The zero-order valence-corrected chi connectivity index (χ0v) is 21.1. The number of hydrogen-bond acceptors (Lipinski definition) is 6. The Morgan fingerprint density at radius 2 is 1.44 bits per heavy atom. The highest BCUT2D eigenvalue weighted by atomic mass is 32.2. The van der Waals surface area contributed by atoms with Gasteiger partial charge in [0.25, 0.3) is 0 Å². The quantitative estimate of drug-likeness (QED) is 0.598. The molecule has 184 valence electrons. The summed E-state index contributed by atoms with van der Waals surface area (Å²) in [7, 11) is -6.68. The molecule has 0 radical (unpaired) electrons. The normalized spacial score (nSPS) is 18.5. The predicted octanol–water partition coefficient (Wildman–Crippen LogP) is 2.88. The molecule has 0 unspecified atom stereocenters. The van der Waals surface area contributed by atoms with E-state index < -0.39 is 20.0 Å². The highest BCUT2D eigenvalue weighted by Crippen LogP contribution is 2.44. The summed E-state index contributed by atoms with van der Waals surface area (Å²) in [6.45, 7) is 2.56. The van der Waals surface area contributed by atoms with Crippen molar-refractivity contribution in [3.63, 3.8) is 0 Å². The highest BCUT2D eigenvalue weighted by molar-refractivity contribution is 7.92. The Hall–Kier alpha value is -2.43. The maximum atomic E-state index is 13.5. The Morgan fingerprint density at radius 3 is 2.06 bits per heavy atom. The van der Waals surface area contributed by atoms with Crippen LogP contribution in [0.4, 0.5) is 11.4 Å². The number of anilines is 2. The molecule has 0 atom stereocenters. The molecule has 8 nitrogen and oxygen atoms in total. The Morgan fingerprint density at radius 1 is 0.853 bits per heavy atom. The van der Waals surface area contributed by atoms with Gasteiger partial charge in [0.1, 0.15) is 0 Å². The van der Waals surface area contributed by atoms with Crippen LogP contribution in [0.1, 0.15) is 40.7 Å². The summed E-state index contributed by atoms with van der Waals surface area (Å²) in [5, 5.41) is 0. The van der Waals surface area contributed by atoms with Gasteiger partial charge >= 0.3 is 0 Å². The van der Waals surface area contributed by atoms with Crippen molar-refractivity contribution >= 4 is 37.2 Å². The van der Waals surface area contributed by atoms with Gasteiger partial charge in [-0.2, -0.15) is 0 Å². The largest absolute Gasteiger partial charge is 0.303 e. The molecular weight excluding hydrogens is 474 g/mol. The third kappa shape index (κ3) is 5.97. The van der Waals surface area contributed by atoms with E-state index in [1.54, 1.807) is 24.3 Å². The molecule has 4 rings (SSSR count). The third-order valence-corrected chi connectivity index (χ3v) is 8.01. The average Bonchev–Trinajstić information content (AvgIpc) is 2.75. The molecule has 1 spiro atoms. The van der Waals surface area contributed by atoms with E-state index in [2.05, 4.69) is 14.3 Å². The zero-order chi connectivity index (χ0) is 24.6. The maximum Gasteiger partial charge on any atom is 0.229 e. The molecule has 0 saturated carbocycles. The lowest BCUT2D eigenvalue weighted by Gasteiger charge is -2.43. The summed E-state index contributed by atoms with van der Waals surface area (Å²) in [4.78, 5) is 15.9. The number of hydrogen-bond donors (Lipinski definition) is 2. The number of nitrogens with zero attached hydrogens (tertiary/aromatic N) is 1. The fourth-order valence-electron chi connectivity index (χ4n) is 4.98. The van der Waals surface area contributed by atoms with Crippen molar-refractivity contribution in [2.75, 3.05) is 41.6 Å². The van der Waals surface area contributed by atoms with Gasteiger partial charge < -0.3 is 4.90 Å². The van der Waals surface area contributed by atoms with E-state index in [1.807, 2.05) is 18.2 Å². The van der Waals surface area contributed by atoms with E-state index in [0.29, 0.717) is 16.9 Å². The van der Waals surface area contributed by atoms with E-state index in [9.17, 15) is 21.6 Å². The minimum Gasteiger partial charge on any atom is -0.303 e. The first kappa shape index (κ1) is 24.7. The molecule has 2 N–H and O–H groups in total. The predicted molar refractivity (Wildman–Crippen MR) is 134 cm³/mol. The first-order chi connectivity index (χ1) is 15.9. The molecular formula is C24H31N3O5S2. The second kappa shape index (κ2) is 9.31. The maximum absolute atomic E-state index is 13.5. The molecule has 0 bridgehead atoms. The molecule has 2 aromatic rings. The summed E-state index contributed by atoms with van der Waals surface area (Å²) in [5.74, 6) is 0.138. The van der Waals surface area contributed by atoms with Crippen molar-refractivity contribution in [1.29, 1.82) is 0 Å². The average molecular weight is 506 g/mol. The van der Waals surface area contributed by atoms with Crippen molar-refractivity contribution < 1.29 is 21.6 Å². The van der Waals surface area contributed by atoms with Crippen molar-refractivity contribution in [2.45, 2.75) is 32.1 Å². The van der Waals surface area contributed by atoms with Crippen molar-refractivity contribution in [3.05, 3.63) is 59.2 Å². The van der Waals surface area contributed by atoms with Crippen LogP contribution in [0.3, 0.4) is 0 Å². The van der Waals surface area contributed by atoms with Crippen LogP contribution < -0.4 is 9.44 Å². The molecule has 0 amide bonds. The molecule has 1 aliphatic carbocycles. The van der Waals surface area contributed by atoms with Gasteiger partial charge in [0.15, 0.2) is 5.78 Å². The summed E-state index contributed by atoms with van der Waals surface area (Å²) >= 11 is 0. The summed E-state index contributed by atoms with van der Waals surface area (Å²) in [6, 6.07) is 12.7. The number of Topliss-reactive ketones (excluding diaryl/α,β-unsaturated/α-hetero) is 1. The zero-order valence-electron chi connectivity index (χ0n) is 19.5. The van der Waals surface area contributed by atoms with Gasteiger partial charge in [-0.15, -0.1) is 0 Å². The van der Waals surface area contributed by atoms with E-state index in [0.717, 1.165) is 75.4 Å². The lowest BCUT2D eigenvalue weighted by molar-refractivity contribution is 0.0544. The Kier molecular flexibility index (Phi) is 6.76. The monoisotopic (exact) mass is 505 g/mol. The summed E-state index contributed by atoms with van der Waals surface area (Å²) in [5.41, 5.74) is 3.39. The van der Waals surface area contributed by atoms with E-state index in [1.165, 1.54) is 0 Å². The molecule has 1 heterocycles. The SMILES string of the molecule is CS(=O)(=O)Nc1ccc(CCN2CCC3(CCc4ccc(NS(C)(=O)=O)cc4C3=O)CC2)cc1. The fourth-order valence-corrected chi connectivity index (χ4v) is 6.10. The van der Waals surface area contributed by atoms with E-state index in [-0.39, 0.29) is 11.2 Å². The Bertz CT molecular complexity index is 1280. The number of rotatable bonds is 7. The molecule has 10 heteroatoms. The first-order valence-electron chi connectivity index (χ1n) is 11.4. The second-order valence-corrected chi connectivity index (χ2v) is 13.0. The second-order valence-electron chi connectivity index (χ2n) is 9.52. The van der Waals surface area contributed by atoms with Gasteiger partial charge in [0, 0.05) is 28.9 Å². The fraction of sp³-hybridized carbons (Fsp3) is 0.458. The van der Waals surface area contributed by atoms with Gasteiger partial charge in [-0.1, -0.05) is 18.2 Å². The summed E-state index contributed by atoms with van der Waals surface area (Å²) in [6.07, 6.45) is 6.34. The molecule has 0 aromatic heterocycles. The molecule has 2 aliphatic rings. The van der Waals surface area contributed by atoms with Gasteiger partial charge in [-0.25, -0.2) is 16.8 Å². The molecule has 1 aliphatic heterocycles. The number of sulfonamides is 2. The number of ketones is 1. The van der Waals surface area contributed by atoms with Gasteiger partial charge in [-0.3, -0.25) is 14.2 Å². The van der Waals surface area contributed by atoms with E-state index >= 15 is 0 Å². The number of piperidine rings is 1. The van der Waals surface area contributed by atoms with E-state index in [4.69, 9.17) is 0 Å². The van der Waals surface area contributed by atoms with Crippen LogP contribution in [0.15, 0.2) is 42.5 Å². The van der Waals surface area contributed by atoms with Gasteiger partial charge in [0.2, 0.25) is 20.0 Å². The number of carbonyl (C=O) groups excluding carboxylic acids is 1. The van der Waals surface area contributed by atoms with Crippen LogP contribution in [0, 0.1) is 5.41 Å². The van der Waals surface area contributed by atoms with Crippen LogP contribution in [-0.2, 0) is 32.9 Å². The van der Waals surface area contributed by atoms with Crippen LogP contribution in [-0.4, -0.2) is 59.7 Å². The van der Waals surface area contributed by atoms with Gasteiger partial charge in [0.05, 0.1) is 12.5 Å². The standard InChI is InChI=1S/C24H31N3O5S2/c1-33(29,30)25-20-6-3-18(4-7-20)10-14-27-15-12-24(13-16-27)11-9-19-5-8-21(26-34(2,31)32)17-22(19)23(24)28/h3-8,17,25-26H,9-16H2,1-2H3. The molecule has 2 aromatic carbocycles. The van der Waals surface area contributed by atoms with Crippen LogP contribution >= 0.6 is 0 Å². The summed E-state index contributed by atoms with van der Waals surface area (Å²) < 4.78 is 50.8. The number of aryl methyl sites for hydroxylation is 1. The smallest absolute Gasteiger partial charge is 0.229 e. The number of nitrogens with one attached hydrogen (secondary N) is 2. The van der Waals surface area contributed by atoms with Crippen molar-refractivity contribution in [1.82, 2.24) is 4.90 Å². The van der Waals surface area contributed by atoms with Gasteiger partial charge in [-0.05, 0) is 80.6 Å². The minimum absolute atomic E-state index is 0.138. The van der Waals surface area contributed by atoms with Crippen LogP contribution in [0.25, 0.3) is 0 Å². The molecule has 1 fully saturated rings. The lowest BCUT2D eigenvalue weighted by Crippen LogP contribution is -2.46. The number of likely N-dealkylation sites (tertiary alicyclic amines) is 1. The number of carbonyl (C=O) groups is 1. The van der Waals surface area contributed by atoms with Crippen LogP contribution in [0.5, 0.6) is 0 Å². The van der Waals surface area contributed by atoms with Crippen molar-refractivity contribution in [2.24, 2.45) is 5.41 Å². The molecule has 1 saturated heterocycles. The first-order valence-corrected chi connectivity index (χ1v) is 15.2. The Balaban J connectivity index is 1.35.